The van der Waals surface area contributed by atoms with E-state index in [4.69, 9.17) is 0 Å². The SMILES string of the molecule is CC(NC(=O)Cn1nc(C2CC2)n(-c2ccccc2)c1=O)C12CC3CC(CC(C3)C1)C2. The Bertz CT molecular complexity index is 1010. The molecule has 2 aromatic rings. The molecule has 1 heterocycles. The summed E-state index contributed by atoms with van der Waals surface area (Å²) in [6.45, 7) is 2.18. The van der Waals surface area contributed by atoms with Crippen LogP contribution in [-0.2, 0) is 11.3 Å². The first kappa shape index (κ1) is 19.3. The van der Waals surface area contributed by atoms with Crippen molar-refractivity contribution >= 4 is 5.91 Å². The molecule has 1 N–H and O–H groups in total. The molecule has 1 aromatic carbocycles. The lowest BCUT2D eigenvalue weighted by atomic mass is 9.48. The maximum Gasteiger partial charge on any atom is 0.351 e. The van der Waals surface area contributed by atoms with Gasteiger partial charge in [-0.2, -0.15) is 5.10 Å². The molecule has 1 aromatic heterocycles. The molecule has 7 rings (SSSR count). The molecule has 31 heavy (non-hydrogen) atoms. The third-order valence-corrected chi connectivity index (χ3v) is 8.50. The predicted molar refractivity (Wildman–Crippen MR) is 118 cm³/mol. The second-order valence-electron chi connectivity index (χ2n) is 10.8. The van der Waals surface area contributed by atoms with E-state index in [0.717, 1.165) is 42.1 Å². The van der Waals surface area contributed by atoms with Gasteiger partial charge in [0.2, 0.25) is 5.91 Å². The highest BCUT2D eigenvalue weighted by molar-refractivity contribution is 5.76. The Labute approximate surface area is 183 Å². The molecule has 4 bridgehead atoms. The molecule has 164 valence electrons. The van der Waals surface area contributed by atoms with Crippen molar-refractivity contribution in [2.75, 3.05) is 0 Å². The summed E-state index contributed by atoms with van der Waals surface area (Å²) in [7, 11) is 0. The zero-order valence-electron chi connectivity index (χ0n) is 18.3. The fourth-order valence-electron chi connectivity index (χ4n) is 7.24. The van der Waals surface area contributed by atoms with Crippen LogP contribution >= 0.6 is 0 Å². The number of benzene rings is 1. The Kier molecular flexibility index (Phi) is 4.41. The van der Waals surface area contributed by atoms with Crippen LogP contribution in [0.25, 0.3) is 5.69 Å². The van der Waals surface area contributed by atoms with Crippen LogP contribution in [0.2, 0.25) is 0 Å². The number of para-hydroxylation sites is 1. The molecule has 5 aliphatic carbocycles. The third-order valence-electron chi connectivity index (χ3n) is 8.50. The van der Waals surface area contributed by atoms with Crippen molar-refractivity contribution in [2.45, 2.75) is 76.8 Å². The molecule has 6 nitrogen and oxygen atoms in total. The lowest BCUT2D eigenvalue weighted by Crippen LogP contribution is -2.56. The van der Waals surface area contributed by atoms with Gasteiger partial charge in [-0.15, -0.1) is 0 Å². The number of rotatable bonds is 6. The number of carbonyl (C=O) groups is 1. The number of aromatic nitrogens is 3. The van der Waals surface area contributed by atoms with Crippen molar-refractivity contribution < 1.29 is 4.79 Å². The standard InChI is InChI=1S/C25H32N4O2/c1-16(25-12-17-9-18(13-25)11-19(10-17)14-25)26-22(30)15-28-24(31)29(21-5-3-2-4-6-21)23(27-28)20-7-8-20/h2-6,16-20H,7-15H2,1H3,(H,26,30). The first-order valence-electron chi connectivity index (χ1n) is 12.1. The first-order valence-corrected chi connectivity index (χ1v) is 12.1. The van der Waals surface area contributed by atoms with Crippen LogP contribution in [-0.4, -0.2) is 26.3 Å². The van der Waals surface area contributed by atoms with Gasteiger partial charge in [-0.3, -0.25) is 4.79 Å². The van der Waals surface area contributed by atoms with Crippen molar-refractivity contribution in [2.24, 2.45) is 23.2 Å². The smallest absolute Gasteiger partial charge is 0.351 e. The predicted octanol–water partition coefficient (Wildman–Crippen LogP) is 3.63. The van der Waals surface area contributed by atoms with Crippen LogP contribution in [0.5, 0.6) is 0 Å². The molecule has 6 heteroatoms. The monoisotopic (exact) mass is 420 g/mol. The van der Waals surface area contributed by atoms with Gasteiger partial charge in [0.05, 0.1) is 5.69 Å². The van der Waals surface area contributed by atoms with E-state index in [1.54, 1.807) is 4.57 Å². The Morgan fingerprint density at radius 1 is 1.10 bits per heavy atom. The molecule has 0 radical (unpaired) electrons. The van der Waals surface area contributed by atoms with E-state index >= 15 is 0 Å². The molecule has 5 aliphatic rings. The molecule has 0 saturated heterocycles. The van der Waals surface area contributed by atoms with Gasteiger partial charge in [0.25, 0.3) is 0 Å². The Morgan fingerprint density at radius 3 is 2.29 bits per heavy atom. The summed E-state index contributed by atoms with van der Waals surface area (Å²) in [6, 6.07) is 9.80. The minimum atomic E-state index is -0.217. The zero-order valence-corrected chi connectivity index (χ0v) is 18.3. The van der Waals surface area contributed by atoms with Gasteiger partial charge in [0.1, 0.15) is 12.4 Å². The minimum absolute atomic E-state index is 0.00487. The summed E-state index contributed by atoms with van der Waals surface area (Å²) in [4.78, 5) is 26.1. The minimum Gasteiger partial charge on any atom is -0.351 e. The van der Waals surface area contributed by atoms with E-state index in [1.807, 2.05) is 30.3 Å². The molecule has 5 saturated carbocycles. The van der Waals surface area contributed by atoms with Gasteiger partial charge in [-0.05, 0) is 93.6 Å². The second-order valence-corrected chi connectivity index (χ2v) is 10.8. The highest BCUT2D eigenvalue weighted by atomic mass is 16.2. The fraction of sp³-hybridized carbons (Fsp3) is 0.640. The summed E-state index contributed by atoms with van der Waals surface area (Å²) in [6.07, 6.45) is 10.1. The van der Waals surface area contributed by atoms with Crippen LogP contribution < -0.4 is 11.0 Å². The molecule has 5 fully saturated rings. The van der Waals surface area contributed by atoms with Gasteiger partial charge in [-0.25, -0.2) is 14.0 Å². The second kappa shape index (κ2) is 7.07. The number of carbonyl (C=O) groups excluding carboxylic acids is 1. The maximum absolute atomic E-state index is 13.1. The highest BCUT2D eigenvalue weighted by Crippen LogP contribution is 2.61. The number of hydrogen-bond donors (Lipinski definition) is 1. The normalized spacial score (nSPS) is 32.2. The average molecular weight is 421 g/mol. The van der Waals surface area contributed by atoms with Crippen LogP contribution in [0.15, 0.2) is 35.1 Å². The summed E-state index contributed by atoms with van der Waals surface area (Å²) >= 11 is 0. The van der Waals surface area contributed by atoms with Crippen LogP contribution in [0.1, 0.15) is 70.0 Å². The van der Waals surface area contributed by atoms with Crippen LogP contribution in [0.4, 0.5) is 0 Å². The van der Waals surface area contributed by atoms with Gasteiger partial charge >= 0.3 is 5.69 Å². The van der Waals surface area contributed by atoms with Crippen molar-refractivity contribution in [1.82, 2.24) is 19.7 Å². The van der Waals surface area contributed by atoms with E-state index in [2.05, 4.69) is 17.3 Å². The maximum atomic E-state index is 13.1. The molecule has 1 atom stereocenters. The molecule has 1 unspecified atom stereocenters. The number of amides is 1. The summed E-state index contributed by atoms with van der Waals surface area (Å²) < 4.78 is 3.05. The third kappa shape index (κ3) is 3.35. The van der Waals surface area contributed by atoms with Crippen LogP contribution in [0, 0.1) is 23.2 Å². The summed E-state index contributed by atoms with van der Waals surface area (Å²) in [5, 5.41) is 7.87. The lowest BCUT2D eigenvalue weighted by Gasteiger charge is -2.59. The first-order chi connectivity index (χ1) is 15.0. The van der Waals surface area contributed by atoms with E-state index < -0.39 is 0 Å². The highest BCUT2D eigenvalue weighted by Gasteiger charge is 2.53. The van der Waals surface area contributed by atoms with E-state index in [9.17, 15) is 9.59 Å². The molecular formula is C25H32N4O2. The van der Waals surface area contributed by atoms with Gasteiger partial charge in [-0.1, -0.05) is 18.2 Å². The molecular weight excluding hydrogens is 388 g/mol. The Hall–Kier alpha value is -2.37. The Morgan fingerprint density at radius 2 is 1.71 bits per heavy atom. The largest absolute Gasteiger partial charge is 0.351 e. The van der Waals surface area contributed by atoms with Crippen LogP contribution in [0.3, 0.4) is 0 Å². The van der Waals surface area contributed by atoms with E-state index in [0.29, 0.717) is 5.92 Å². The lowest BCUT2D eigenvalue weighted by molar-refractivity contribution is -0.126. The van der Waals surface area contributed by atoms with Gasteiger partial charge in [0, 0.05) is 12.0 Å². The topological polar surface area (TPSA) is 68.9 Å². The quantitative estimate of drug-likeness (QED) is 0.776. The van der Waals surface area contributed by atoms with Crippen molar-refractivity contribution in [3.05, 3.63) is 46.6 Å². The van der Waals surface area contributed by atoms with E-state index in [1.165, 1.54) is 43.2 Å². The van der Waals surface area contributed by atoms with Crippen molar-refractivity contribution in [1.29, 1.82) is 0 Å². The molecule has 1 amide bonds. The summed E-state index contributed by atoms with van der Waals surface area (Å²) in [5.41, 5.74) is 0.867. The molecule has 0 spiro atoms. The average Bonchev–Trinajstić information content (AvgIpc) is 3.53. The van der Waals surface area contributed by atoms with Crippen molar-refractivity contribution in [3.63, 3.8) is 0 Å². The number of hydrogen-bond acceptors (Lipinski definition) is 3. The van der Waals surface area contributed by atoms with E-state index in [-0.39, 0.29) is 29.6 Å². The Balaban J connectivity index is 1.21. The van der Waals surface area contributed by atoms with Crippen molar-refractivity contribution in [3.8, 4) is 5.69 Å². The number of nitrogens with one attached hydrogen (secondary N) is 1. The fourth-order valence-corrected chi connectivity index (χ4v) is 7.24. The zero-order chi connectivity index (χ0) is 21.2. The molecule has 0 aliphatic heterocycles. The summed E-state index contributed by atoms with van der Waals surface area (Å²) in [5.74, 6) is 3.59. The number of nitrogens with zero attached hydrogens (tertiary/aromatic N) is 3. The van der Waals surface area contributed by atoms with Gasteiger partial charge < -0.3 is 5.32 Å². The van der Waals surface area contributed by atoms with Gasteiger partial charge in [0.15, 0.2) is 0 Å².